The molecular weight excluding hydrogens is 356 g/mol. The predicted octanol–water partition coefficient (Wildman–Crippen LogP) is 4.62. The van der Waals surface area contributed by atoms with E-state index in [1.807, 2.05) is 24.3 Å². The van der Waals surface area contributed by atoms with Crippen molar-refractivity contribution < 1.29 is 5.11 Å². The molecule has 27 heavy (non-hydrogen) atoms. The number of para-hydroxylation sites is 1. The van der Waals surface area contributed by atoms with Crippen LogP contribution in [0.5, 0.6) is 0 Å². The third kappa shape index (κ3) is 4.67. The number of hydrogen-bond acceptors (Lipinski definition) is 3. The summed E-state index contributed by atoms with van der Waals surface area (Å²) in [7, 11) is 0. The van der Waals surface area contributed by atoms with Crippen LogP contribution in [0, 0.1) is 0 Å². The summed E-state index contributed by atoms with van der Waals surface area (Å²) >= 11 is 0. The number of nitrogens with zero attached hydrogens (tertiary/aromatic N) is 1. The van der Waals surface area contributed by atoms with E-state index in [1.54, 1.807) is 0 Å². The van der Waals surface area contributed by atoms with Crippen molar-refractivity contribution in [1.82, 2.24) is 10.3 Å². The molecule has 0 spiro atoms. The molecule has 1 aliphatic rings. The lowest BCUT2D eigenvalue weighted by Crippen LogP contribution is -2.38. The van der Waals surface area contributed by atoms with Crippen molar-refractivity contribution in [2.24, 2.45) is 0 Å². The van der Waals surface area contributed by atoms with E-state index < -0.39 is 6.10 Å². The summed E-state index contributed by atoms with van der Waals surface area (Å²) in [5.74, 6) is 0. The maximum atomic E-state index is 11.1. The van der Waals surface area contributed by atoms with E-state index >= 15 is 0 Å². The van der Waals surface area contributed by atoms with Crippen molar-refractivity contribution in [3.8, 4) is 0 Å². The van der Waals surface area contributed by atoms with E-state index in [4.69, 9.17) is 4.98 Å². The minimum atomic E-state index is -0.487. The van der Waals surface area contributed by atoms with Gasteiger partial charge >= 0.3 is 0 Å². The summed E-state index contributed by atoms with van der Waals surface area (Å²) < 4.78 is 0. The molecule has 0 saturated carbocycles. The number of rotatable bonds is 5. The Morgan fingerprint density at radius 2 is 1.78 bits per heavy atom. The first-order valence-corrected chi connectivity index (χ1v) is 9.65. The van der Waals surface area contributed by atoms with Crippen LogP contribution in [0.4, 0.5) is 0 Å². The fourth-order valence-electron chi connectivity index (χ4n) is 3.91. The highest BCUT2D eigenvalue weighted by Gasteiger charge is 2.24. The molecule has 2 aromatic carbocycles. The summed E-state index contributed by atoms with van der Waals surface area (Å²) in [6, 6.07) is 20.9. The summed E-state index contributed by atoms with van der Waals surface area (Å²) in [4.78, 5) is 4.85. The number of aliphatic hydroxyl groups is 1. The van der Waals surface area contributed by atoms with Crippen LogP contribution in [0.25, 0.3) is 10.9 Å². The summed E-state index contributed by atoms with van der Waals surface area (Å²) in [6.07, 6.45) is 4.76. The summed E-state index contributed by atoms with van der Waals surface area (Å²) in [5.41, 5.74) is 4.36. The molecule has 0 bridgehead atoms. The fourth-order valence-corrected chi connectivity index (χ4v) is 3.91. The van der Waals surface area contributed by atoms with Gasteiger partial charge in [0.1, 0.15) is 0 Å². The molecule has 4 rings (SSSR count). The van der Waals surface area contributed by atoms with E-state index in [2.05, 4.69) is 41.7 Å². The number of aromatic nitrogens is 1. The fraction of sp³-hybridized carbons (Fsp3) is 0.348. The van der Waals surface area contributed by atoms with Gasteiger partial charge in [-0.05, 0) is 55.5 Å². The third-order valence-electron chi connectivity index (χ3n) is 5.36. The summed E-state index contributed by atoms with van der Waals surface area (Å²) in [5, 5.41) is 15.6. The van der Waals surface area contributed by atoms with Crippen molar-refractivity contribution >= 4 is 23.3 Å². The Morgan fingerprint density at radius 1 is 1.00 bits per heavy atom. The minimum Gasteiger partial charge on any atom is -0.387 e. The van der Waals surface area contributed by atoms with Crippen LogP contribution >= 0.6 is 12.4 Å². The highest BCUT2D eigenvalue weighted by molar-refractivity contribution is 5.85. The number of halogens is 1. The van der Waals surface area contributed by atoms with Gasteiger partial charge < -0.3 is 10.4 Å². The number of nitrogens with one attached hydrogen (secondary N) is 1. The van der Waals surface area contributed by atoms with E-state index in [1.165, 1.54) is 18.4 Å². The molecule has 142 valence electrons. The molecule has 1 aliphatic heterocycles. The van der Waals surface area contributed by atoms with Crippen LogP contribution < -0.4 is 5.32 Å². The van der Waals surface area contributed by atoms with E-state index in [0.29, 0.717) is 0 Å². The van der Waals surface area contributed by atoms with E-state index in [0.717, 1.165) is 48.0 Å². The molecule has 0 radical (unpaired) electrons. The molecule has 0 amide bonds. The molecule has 2 unspecified atom stereocenters. The van der Waals surface area contributed by atoms with Gasteiger partial charge in [-0.25, -0.2) is 0 Å². The highest BCUT2D eigenvalue weighted by Crippen LogP contribution is 2.29. The lowest BCUT2D eigenvalue weighted by molar-refractivity contribution is 0.115. The molecule has 2 atom stereocenters. The van der Waals surface area contributed by atoms with Crippen LogP contribution in [0.1, 0.15) is 42.2 Å². The first kappa shape index (κ1) is 19.8. The van der Waals surface area contributed by atoms with Gasteiger partial charge in [-0.2, -0.15) is 0 Å². The number of aryl methyl sites for hydroxylation is 2. The number of hydrogen-bond donors (Lipinski definition) is 2. The molecule has 4 heteroatoms. The van der Waals surface area contributed by atoms with Gasteiger partial charge in [0.25, 0.3) is 0 Å². The van der Waals surface area contributed by atoms with Gasteiger partial charge in [-0.15, -0.1) is 12.4 Å². The molecule has 0 aliphatic carbocycles. The van der Waals surface area contributed by atoms with Crippen LogP contribution in [0.15, 0.2) is 60.7 Å². The van der Waals surface area contributed by atoms with E-state index in [9.17, 15) is 5.11 Å². The Labute approximate surface area is 167 Å². The Kier molecular flexibility index (Phi) is 6.84. The molecule has 3 aromatic rings. The average Bonchev–Trinajstić information content (AvgIpc) is 2.72. The number of benzene rings is 2. The smallest absolute Gasteiger partial charge is 0.0950 e. The Bertz CT molecular complexity index is 863. The molecule has 1 saturated heterocycles. The monoisotopic (exact) mass is 382 g/mol. The maximum absolute atomic E-state index is 11.1. The zero-order valence-electron chi connectivity index (χ0n) is 15.5. The molecule has 2 heterocycles. The van der Waals surface area contributed by atoms with Crippen LogP contribution in [0.2, 0.25) is 0 Å². The second-order valence-corrected chi connectivity index (χ2v) is 7.21. The SMILES string of the molecule is Cl.OC(c1cc(CCc2ccccc2)nc2ccccc12)C1CCCCN1. The Morgan fingerprint density at radius 3 is 2.56 bits per heavy atom. The number of piperidine rings is 1. The van der Waals surface area contributed by atoms with Gasteiger partial charge in [0.15, 0.2) is 0 Å². The molecule has 2 N–H and O–H groups in total. The molecular formula is C23H27ClN2O. The molecule has 1 fully saturated rings. The van der Waals surface area contributed by atoms with Crippen molar-refractivity contribution in [1.29, 1.82) is 0 Å². The van der Waals surface area contributed by atoms with Crippen molar-refractivity contribution in [2.45, 2.75) is 44.2 Å². The van der Waals surface area contributed by atoms with Gasteiger partial charge in [0.05, 0.1) is 11.6 Å². The third-order valence-corrected chi connectivity index (χ3v) is 5.36. The Balaban J connectivity index is 0.00000210. The lowest BCUT2D eigenvalue weighted by atomic mass is 9.92. The van der Waals surface area contributed by atoms with Crippen molar-refractivity contribution in [3.05, 3.63) is 77.5 Å². The second kappa shape index (κ2) is 9.32. The largest absolute Gasteiger partial charge is 0.387 e. The minimum absolute atomic E-state index is 0. The zero-order valence-corrected chi connectivity index (χ0v) is 16.3. The van der Waals surface area contributed by atoms with Crippen molar-refractivity contribution in [3.63, 3.8) is 0 Å². The first-order chi connectivity index (χ1) is 12.8. The Hall–Kier alpha value is -1.94. The van der Waals surface area contributed by atoms with Gasteiger partial charge in [0, 0.05) is 17.1 Å². The lowest BCUT2D eigenvalue weighted by Gasteiger charge is -2.29. The van der Waals surface area contributed by atoms with Crippen LogP contribution in [0.3, 0.4) is 0 Å². The number of aliphatic hydroxyl groups excluding tert-OH is 1. The molecule has 1 aromatic heterocycles. The molecule has 3 nitrogen and oxygen atoms in total. The highest BCUT2D eigenvalue weighted by atomic mass is 35.5. The van der Waals surface area contributed by atoms with Crippen molar-refractivity contribution in [2.75, 3.05) is 6.54 Å². The standard InChI is InChI=1S/C23H26N2O.ClH/c26-23(22-12-6-7-15-24-22)20-16-18(14-13-17-8-2-1-3-9-17)25-21-11-5-4-10-19(20)21;/h1-5,8-11,16,22-24,26H,6-7,12-15H2;1H. The van der Waals surface area contributed by atoms with Crippen LogP contribution in [-0.2, 0) is 12.8 Å². The maximum Gasteiger partial charge on any atom is 0.0950 e. The van der Waals surface area contributed by atoms with Crippen LogP contribution in [-0.4, -0.2) is 22.7 Å². The quantitative estimate of drug-likeness (QED) is 0.676. The van der Waals surface area contributed by atoms with Gasteiger partial charge in [0.2, 0.25) is 0 Å². The number of fused-ring (bicyclic) bond motifs is 1. The average molecular weight is 383 g/mol. The normalized spacial score (nSPS) is 18.0. The van der Waals surface area contributed by atoms with Gasteiger partial charge in [-0.3, -0.25) is 4.98 Å². The summed E-state index contributed by atoms with van der Waals surface area (Å²) in [6.45, 7) is 0.992. The number of pyridine rings is 1. The topological polar surface area (TPSA) is 45.2 Å². The van der Waals surface area contributed by atoms with E-state index in [-0.39, 0.29) is 18.4 Å². The van der Waals surface area contributed by atoms with Gasteiger partial charge in [-0.1, -0.05) is 55.0 Å². The predicted molar refractivity (Wildman–Crippen MR) is 113 cm³/mol. The zero-order chi connectivity index (χ0) is 17.8. The second-order valence-electron chi connectivity index (χ2n) is 7.21. The first-order valence-electron chi connectivity index (χ1n) is 9.65.